The molecular formula is C16H26N2O4. The van der Waals surface area contributed by atoms with Crippen LogP contribution in [0, 0.1) is 11.8 Å². The maximum Gasteiger partial charge on any atom is 0.323 e. The van der Waals surface area contributed by atoms with Crippen LogP contribution in [0.25, 0.3) is 0 Å². The molecule has 0 radical (unpaired) electrons. The third kappa shape index (κ3) is 3.99. The second kappa shape index (κ2) is 7.11. The summed E-state index contributed by atoms with van der Waals surface area (Å²) in [5, 5.41) is 8.99. The summed E-state index contributed by atoms with van der Waals surface area (Å²) in [6, 6.07) is 0.0873. The lowest BCUT2D eigenvalue weighted by Gasteiger charge is -2.35. The Labute approximate surface area is 131 Å². The molecule has 2 unspecified atom stereocenters. The SMILES string of the molecule is CCC(C)C(=O)N1CCCC(C(=O)N(CC(=O)O)C2CC2)C1. The average molecular weight is 310 g/mol. The number of likely N-dealkylation sites (tertiary alicyclic amines) is 1. The zero-order chi connectivity index (χ0) is 16.3. The normalized spacial score (nSPS) is 23.0. The first-order valence-electron chi connectivity index (χ1n) is 8.25. The predicted molar refractivity (Wildman–Crippen MR) is 81.1 cm³/mol. The van der Waals surface area contributed by atoms with E-state index in [1.807, 2.05) is 13.8 Å². The summed E-state index contributed by atoms with van der Waals surface area (Å²) in [5.74, 6) is -1.22. The molecule has 1 saturated carbocycles. The van der Waals surface area contributed by atoms with Gasteiger partial charge in [-0.2, -0.15) is 0 Å². The van der Waals surface area contributed by atoms with Gasteiger partial charge in [0.05, 0.1) is 5.92 Å². The molecule has 1 aliphatic heterocycles. The lowest BCUT2D eigenvalue weighted by molar-refractivity contribution is -0.149. The molecule has 0 spiro atoms. The van der Waals surface area contributed by atoms with E-state index in [0.717, 1.165) is 32.1 Å². The number of carbonyl (C=O) groups is 3. The number of piperidine rings is 1. The van der Waals surface area contributed by atoms with Crippen molar-refractivity contribution in [2.75, 3.05) is 19.6 Å². The van der Waals surface area contributed by atoms with E-state index in [4.69, 9.17) is 5.11 Å². The Kier molecular flexibility index (Phi) is 5.42. The van der Waals surface area contributed by atoms with E-state index in [0.29, 0.717) is 13.1 Å². The van der Waals surface area contributed by atoms with E-state index < -0.39 is 5.97 Å². The molecule has 124 valence electrons. The molecule has 2 aliphatic rings. The van der Waals surface area contributed by atoms with Crippen LogP contribution in [0.4, 0.5) is 0 Å². The van der Waals surface area contributed by atoms with Crippen molar-refractivity contribution in [2.24, 2.45) is 11.8 Å². The maximum absolute atomic E-state index is 12.6. The highest BCUT2D eigenvalue weighted by atomic mass is 16.4. The molecule has 6 heteroatoms. The van der Waals surface area contributed by atoms with Gasteiger partial charge in [-0.25, -0.2) is 0 Å². The van der Waals surface area contributed by atoms with Crippen LogP contribution in [-0.4, -0.2) is 58.4 Å². The fourth-order valence-corrected chi connectivity index (χ4v) is 3.02. The summed E-state index contributed by atoms with van der Waals surface area (Å²) in [4.78, 5) is 39.2. The van der Waals surface area contributed by atoms with Crippen LogP contribution in [0.3, 0.4) is 0 Å². The summed E-state index contributed by atoms with van der Waals surface area (Å²) in [6.45, 7) is 4.81. The van der Waals surface area contributed by atoms with Crippen molar-refractivity contribution in [3.8, 4) is 0 Å². The second-order valence-electron chi connectivity index (χ2n) is 6.52. The van der Waals surface area contributed by atoms with Crippen LogP contribution in [0.1, 0.15) is 46.0 Å². The molecule has 2 rings (SSSR count). The van der Waals surface area contributed by atoms with Crippen LogP contribution in [-0.2, 0) is 14.4 Å². The monoisotopic (exact) mass is 310 g/mol. The molecule has 0 aromatic heterocycles. The predicted octanol–water partition coefficient (Wildman–Crippen LogP) is 1.35. The number of hydrogen-bond donors (Lipinski definition) is 1. The number of carboxylic acid groups (broad SMARTS) is 1. The molecule has 1 N–H and O–H groups in total. The zero-order valence-electron chi connectivity index (χ0n) is 13.5. The summed E-state index contributed by atoms with van der Waals surface area (Å²) in [5.41, 5.74) is 0. The van der Waals surface area contributed by atoms with Crippen LogP contribution in [0.2, 0.25) is 0 Å². The number of amides is 2. The van der Waals surface area contributed by atoms with Crippen molar-refractivity contribution in [1.82, 2.24) is 9.80 Å². The molecular weight excluding hydrogens is 284 g/mol. The molecule has 1 aliphatic carbocycles. The highest BCUT2D eigenvalue weighted by Gasteiger charge is 2.39. The topological polar surface area (TPSA) is 77.9 Å². The lowest BCUT2D eigenvalue weighted by atomic mass is 9.95. The molecule has 0 aromatic rings. The highest BCUT2D eigenvalue weighted by molar-refractivity contribution is 5.85. The first-order chi connectivity index (χ1) is 10.4. The number of carboxylic acids is 1. The van der Waals surface area contributed by atoms with E-state index in [9.17, 15) is 14.4 Å². The molecule has 2 fully saturated rings. The van der Waals surface area contributed by atoms with Gasteiger partial charge in [-0.15, -0.1) is 0 Å². The van der Waals surface area contributed by atoms with E-state index in [2.05, 4.69) is 0 Å². The first kappa shape index (κ1) is 16.8. The summed E-state index contributed by atoms with van der Waals surface area (Å²) in [6.07, 6.45) is 4.12. The minimum Gasteiger partial charge on any atom is -0.480 e. The van der Waals surface area contributed by atoms with Crippen LogP contribution >= 0.6 is 0 Å². The van der Waals surface area contributed by atoms with Crippen molar-refractivity contribution >= 4 is 17.8 Å². The third-order valence-electron chi connectivity index (χ3n) is 4.69. The highest BCUT2D eigenvalue weighted by Crippen LogP contribution is 2.30. The largest absolute Gasteiger partial charge is 0.480 e. The van der Waals surface area contributed by atoms with E-state index in [-0.39, 0.29) is 36.2 Å². The Bertz CT molecular complexity index is 447. The number of carbonyl (C=O) groups excluding carboxylic acids is 2. The number of hydrogen-bond acceptors (Lipinski definition) is 3. The van der Waals surface area contributed by atoms with Crippen LogP contribution < -0.4 is 0 Å². The summed E-state index contributed by atoms with van der Waals surface area (Å²) < 4.78 is 0. The summed E-state index contributed by atoms with van der Waals surface area (Å²) >= 11 is 0. The minimum absolute atomic E-state index is 0.0209. The molecule has 0 aromatic carbocycles. The van der Waals surface area contributed by atoms with Gasteiger partial charge in [0.25, 0.3) is 0 Å². The van der Waals surface area contributed by atoms with Crippen LogP contribution in [0.15, 0.2) is 0 Å². The Morgan fingerprint density at radius 2 is 1.95 bits per heavy atom. The van der Waals surface area contributed by atoms with Gasteiger partial charge in [-0.1, -0.05) is 13.8 Å². The van der Waals surface area contributed by atoms with Crippen molar-refractivity contribution in [3.05, 3.63) is 0 Å². The van der Waals surface area contributed by atoms with E-state index >= 15 is 0 Å². The zero-order valence-corrected chi connectivity index (χ0v) is 13.5. The van der Waals surface area contributed by atoms with Gasteiger partial charge in [0.1, 0.15) is 6.54 Å². The van der Waals surface area contributed by atoms with Gasteiger partial charge >= 0.3 is 5.97 Å². The molecule has 22 heavy (non-hydrogen) atoms. The molecule has 0 bridgehead atoms. The molecule has 2 amide bonds. The van der Waals surface area contributed by atoms with Crippen LogP contribution in [0.5, 0.6) is 0 Å². The average Bonchev–Trinajstić information content (AvgIpc) is 3.35. The summed E-state index contributed by atoms with van der Waals surface area (Å²) in [7, 11) is 0. The molecule has 1 saturated heterocycles. The molecule has 6 nitrogen and oxygen atoms in total. The Morgan fingerprint density at radius 1 is 1.27 bits per heavy atom. The van der Waals surface area contributed by atoms with Gasteiger partial charge in [-0.05, 0) is 32.1 Å². The fraction of sp³-hybridized carbons (Fsp3) is 0.812. The number of nitrogens with zero attached hydrogens (tertiary/aromatic N) is 2. The smallest absolute Gasteiger partial charge is 0.323 e. The van der Waals surface area contributed by atoms with Crippen molar-refractivity contribution < 1.29 is 19.5 Å². The fourth-order valence-electron chi connectivity index (χ4n) is 3.02. The Morgan fingerprint density at radius 3 is 2.50 bits per heavy atom. The molecule has 2 atom stereocenters. The standard InChI is InChI=1S/C16H26N2O4/c1-3-11(2)15(21)17-8-4-5-12(9-17)16(22)18(10-14(19)20)13-6-7-13/h11-13H,3-10H2,1-2H3,(H,19,20). The van der Waals surface area contributed by atoms with Gasteiger partial charge in [0, 0.05) is 25.0 Å². The van der Waals surface area contributed by atoms with Crippen molar-refractivity contribution in [1.29, 1.82) is 0 Å². The van der Waals surface area contributed by atoms with Gasteiger partial charge in [0.15, 0.2) is 0 Å². The van der Waals surface area contributed by atoms with Gasteiger partial charge < -0.3 is 14.9 Å². The van der Waals surface area contributed by atoms with Crippen molar-refractivity contribution in [3.63, 3.8) is 0 Å². The first-order valence-corrected chi connectivity index (χ1v) is 8.25. The third-order valence-corrected chi connectivity index (χ3v) is 4.69. The van der Waals surface area contributed by atoms with Crippen molar-refractivity contribution in [2.45, 2.75) is 52.0 Å². The number of aliphatic carboxylic acids is 1. The quantitative estimate of drug-likeness (QED) is 0.803. The Balaban J connectivity index is 1.99. The Hall–Kier alpha value is -1.59. The van der Waals surface area contributed by atoms with Gasteiger partial charge in [0.2, 0.25) is 11.8 Å². The van der Waals surface area contributed by atoms with E-state index in [1.54, 1.807) is 4.90 Å². The maximum atomic E-state index is 12.6. The van der Waals surface area contributed by atoms with Gasteiger partial charge in [-0.3, -0.25) is 14.4 Å². The lowest BCUT2D eigenvalue weighted by Crippen LogP contribution is -2.49. The molecule has 1 heterocycles. The van der Waals surface area contributed by atoms with E-state index in [1.165, 1.54) is 4.90 Å². The minimum atomic E-state index is -0.969. The number of rotatable bonds is 6. The second-order valence-corrected chi connectivity index (χ2v) is 6.52.